The third-order valence-electron chi connectivity index (χ3n) is 8.72. The van der Waals surface area contributed by atoms with Crippen molar-refractivity contribution in [1.29, 1.82) is 0 Å². The molecule has 0 saturated heterocycles. The first kappa shape index (κ1) is 52.2. The Kier molecular flexibility index (Phi) is 35.6. The van der Waals surface area contributed by atoms with Crippen LogP contribution < -0.4 is 5.11 Å². The maximum Gasteiger partial charge on any atom is 0.306 e. The van der Waals surface area contributed by atoms with E-state index in [0.717, 1.165) is 96.3 Å². The Morgan fingerprint density at radius 1 is 0.536 bits per heavy atom. The van der Waals surface area contributed by atoms with Gasteiger partial charge < -0.3 is 28.6 Å². The normalized spacial score (nSPS) is 13.9. The van der Waals surface area contributed by atoms with Gasteiger partial charge in [-0.2, -0.15) is 0 Å². The highest BCUT2D eigenvalue weighted by atomic mass is 16.6. The topological polar surface area (TPSA) is 102 Å². The summed E-state index contributed by atoms with van der Waals surface area (Å²) in [4.78, 5) is 36.8. The number of carbonyl (C=O) groups is 3. The number of quaternary nitrogens is 1. The van der Waals surface area contributed by atoms with Gasteiger partial charge in [0.2, 0.25) is 0 Å². The molecule has 0 aromatic heterocycles. The van der Waals surface area contributed by atoms with Gasteiger partial charge in [0.15, 0.2) is 6.10 Å². The summed E-state index contributed by atoms with van der Waals surface area (Å²) in [6.07, 6.45) is 50.0. The Hall–Kier alpha value is -3.75. The molecule has 0 fully saturated rings. The number of carboxylic acids is 1. The number of likely N-dealkylation sites (N-methyl/N-ethyl adjacent to an activating group) is 1. The van der Waals surface area contributed by atoms with Gasteiger partial charge in [-0.1, -0.05) is 124 Å². The van der Waals surface area contributed by atoms with E-state index in [4.69, 9.17) is 14.2 Å². The fraction of sp³-hybridized carbons (Fsp3) is 0.604. The van der Waals surface area contributed by atoms with Crippen LogP contribution in [0, 0.1) is 0 Å². The van der Waals surface area contributed by atoms with E-state index in [1.54, 1.807) is 21.1 Å². The summed E-state index contributed by atoms with van der Waals surface area (Å²) >= 11 is 0. The summed E-state index contributed by atoms with van der Waals surface area (Å²) in [6, 6.07) is -0.742. The summed E-state index contributed by atoms with van der Waals surface area (Å²) < 4.78 is 17.1. The number of ether oxygens (including phenoxy) is 3. The van der Waals surface area contributed by atoms with Gasteiger partial charge in [-0.3, -0.25) is 9.59 Å². The van der Waals surface area contributed by atoms with Crippen LogP contribution in [-0.2, 0) is 28.6 Å². The quantitative estimate of drug-likeness (QED) is 0.0270. The van der Waals surface area contributed by atoms with Crippen molar-refractivity contribution < 1.29 is 38.2 Å². The first-order valence-corrected chi connectivity index (χ1v) is 21.3. The van der Waals surface area contributed by atoms with Gasteiger partial charge in [0, 0.05) is 19.3 Å². The number of unbranched alkanes of at least 4 members (excludes halogenated alkanes) is 6. The second-order valence-electron chi connectivity index (χ2n) is 14.8. The van der Waals surface area contributed by atoms with Crippen LogP contribution in [0.2, 0.25) is 0 Å². The zero-order valence-corrected chi connectivity index (χ0v) is 35.8. The van der Waals surface area contributed by atoms with Crippen molar-refractivity contribution in [2.75, 3.05) is 41.0 Å². The van der Waals surface area contributed by atoms with Crippen molar-refractivity contribution in [2.24, 2.45) is 0 Å². The van der Waals surface area contributed by atoms with Crippen molar-refractivity contribution in [2.45, 2.75) is 148 Å². The summed E-state index contributed by atoms with van der Waals surface area (Å²) in [5.41, 5.74) is 0. The van der Waals surface area contributed by atoms with Gasteiger partial charge in [0.1, 0.15) is 12.6 Å². The average molecular weight is 780 g/mol. The van der Waals surface area contributed by atoms with Gasteiger partial charge in [0.05, 0.1) is 40.3 Å². The molecule has 0 radical (unpaired) electrons. The average Bonchev–Trinajstić information content (AvgIpc) is 3.15. The maximum atomic E-state index is 12.7. The first-order valence-electron chi connectivity index (χ1n) is 21.3. The van der Waals surface area contributed by atoms with E-state index in [-0.39, 0.29) is 49.1 Å². The van der Waals surface area contributed by atoms with Gasteiger partial charge in [-0.25, -0.2) is 0 Å². The molecule has 0 aromatic carbocycles. The highest BCUT2D eigenvalue weighted by Crippen LogP contribution is 2.11. The zero-order valence-electron chi connectivity index (χ0n) is 35.8. The number of aliphatic carboxylic acids is 1. The molecule has 8 nitrogen and oxygen atoms in total. The minimum absolute atomic E-state index is 0.0105. The van der Waals surface area contributed by atoms with E-state index in [9.17, 15) is 19.5 Å². The van der Waals surface area contributed by atoms with E-state index < -0.39 is 18.1 Å². The van der Waals surface area contributed by atoms with Crippen molar-refractivity contribution in [3.8, 4) is 0 Å². The minimum atomic E-state index is -1.14. The summed E-state index contributed by atoms with van der Waals surface area (Å²) in [7, 11) is 5.37. The van der Waals surface area contributed by atoms with Gasteiger partial charge in [-0.15, -0.1) is 0 Å². The Balaban J connectivity index is 4.51. The molecule has 2 atom stereocenters. The molecule has 0 saturated carbocycles. The van der Waals surface area contributed by atoms with E-state index >= 15 is 0 Å². The molecule has 0 spiro atoms. The van der Waals surface area contributed by atoms with Crippen molar-refractivity contribution in [3.05, 3.63) is 97.2 Å². The molecule has 0 N–H and O–H groups in total. The molecule has 8 heteroatoms. The van der Waals surface area contributed by atoms with Crippen molar-refractivity contribution in [1.82, 2.24) is 0 Å². The first-order chi connectivity index (χ1) is 27.1. The molecule has 0 bridgehead atoms. The van der Waals surface area contributed by atoms with Gasteiger partial charge >= 0.3 is 11.9 Å². The number of nitrogens with zero attached hydrogens (tertiary/aromatic N) is 1. The van der Waals surface area contributed by atoms with Gasteiger partial charge in [0.25, 0.3) is 0 Å². The number of carbonyl (C=O) groups excluding carboxylic acids is 3. The SMILES string of the molecule is CC/C=C/C/C=C/C/C=C/C/C=C/CCCCCC(=O)OCC(COCCC(C(=O)[O-])[N+](C)(C)C)OC(=O)CCCCC/C=C/C/C=C/C/C=C/C/C=C/CC. The smallest absolute Gasteiger partial charge is 0.306 e. The Morgan fingerprint density at radius 2 is 0.946 bits per heavy atom. The number of rotatable bonds is 36. The summed E-state index contributed by atoms with van der Waals surface area (Å²) in [5, 5.41) is 11.6. The molecule has 316 valence electrons. The van der Waals surface area contributed by atoms with Crippen LogP contribution >= 0.6 is 0 Å². The maximum absolute atomic E-state index is 12.7. The molecular weight excluding hydrogens is 703 g/mol. The van der Waals surface area contributed by atoms with E-state index in [0.29, 0.717) is 12.8 Å². The van der Waals surface area contributed by atoms with Crippen LogP contribution in [0.1, 0.15) is 136 Å². The monoisotopic (exact) mass is 780 g/mol. The number of carboxylic acid groups (broad SMARTS) is 1. The molecule has 0 heterocycles. The lowest BCUT2D eigenvalue weighted by atomic mass is 10.1. The molecule has 0 aromatic rings. The number of allylic oxidation sites excluding steroid dienone is 16. The third-order valence-corrected chi connectivity index (χ3v) is 8.72. The van der Waals surface area contributed by atoms with Crippen LogP contribution in [0.4, 0.5) is 0 Å². The van der Waals surface area contributed by atoms with E-state index in [2.05, 4.69) is 111 Å². The fourth-order valence-electron chi connectivity index (χ4n) is 5.46. The molecule has 0 aliphatic carbocycles. The fourth-order valence-corrected chi connectivity index (χ4v) is 5.46. The van der Waals surface area contributed by atoms with Crippen LogP contribution in [-0.4, -0.2) is 75.5 Å². The standard InChI is InChI=1S/C48H77NO7/c1-6-8-10-12-14-16-18-20-22-24-26-28-30-32-34-36-38-46(50)55-43-44(42-54-41-40-45(48(52)53)49(3,4)5)56-47(51)39-37-35-33-31-29-27-25-23-21-19-17-15-13-11-9-7-2/h8-11,14-17,20-23,26-29,44-45H,6-7,12-13,18-19,24-25,30-43H2,1-5H3/b10-8+,11-9+,16-14+,17-15+,22-20+,23-21+,28-26+,29-27+. The molecule has 0 amide bonds. The molecule has 56 heavy (non-hydrogen) atoms. The third kappa shape index (κ3) is 35.9. The number of hydrogen-bond acceptors (Lipinski definition) is 7. The zero-order chi connectivity index (χ0) is 41.4. The molecule has 2 unspecified atom stereocenters. The Morgan fingerprint density at radius 3 is 1.36 bits per heavy atom. The highest BCUT2D eigenvalue weighted by Gasteiger charge is 2.25. The lowest BCUT2D eigenvalue weighted by Gasteiger charge is -2.34. The molecule has 0 rings (SSSR count). The minimum Gasteiger partial charge on any atom is -0.544 e. The van der Waals surface area contributed by atoms with Crippen LogP contribution in [0.3, 0.4) is 0 Å². The van der Waals surface area contributed by atoms with E-state index in [1.807, 2.05) is 0 Å². The highest BCUT2D eigenvalue weighted by molar-refractivity contribution is 5.70. The summed E-state index contributed by atoms with van der Waals surface area (Å²) in [5.74, 6) is -1.83. The summed E-state index contributed by atoms with van der Waals surface area (Å²) in [6.45, 7) is 4.33. The van der Waals surface area contributed by atoms with Crippen molar-refractivity contribution in [3.63, 3.8) is 0 Å². The van der Waals surface area contributed by atoms with Crippen molar-refractivity contribution >= 4 is 17.9 Å². The Bertz CT molecular complexity index is 1230. The van der Waals surface area contributed by atoms with E-state index in [1.165, 1.54) is 0 Å². The predicted octanol–water partition coefficient (Wildman–Crippen LogP) is 10.2. The molecular formula is C48H77NO7. The second-order valence-corrected chi connectivity index (χ2v) is 14.8. The predicted molar refractivity (Wildman–Crippen MR) is 231 cm³/mol. The lowest BCUT2D eigenvalue weighted by molar-refractivity contribution is -0.889. The van der Waals surface area contributed by atoms with Crippen LogP contribution in [0.25, 0.3) is 0 Å². The largest absolute Gasteiger partial charge is 0.544 e. The van der Waals surface area contributed by atoms with Crippen LogP contribution in [0.15, 0.2) is 97.2 Å². The molecule has 0 aliphatic heterocycles. The molecule has 0 aliphatic rings. The van der Waals surface area contributed by atoms with Gasteiger partial charge in [-0.05, 0) is 89.9 Å². The number of esters is 2. The number of hydrogen-bond donors (Lipinski definition) is 0. The Labute approximate surface area is 341 Å². The lowest BCUT2D eigenvalue weighted by Crippen LogP contribution is -2.55. The second kappa shape index (κ2) is 38.1. The van der Waals surface area contributed by atoms with Crippen LogP contribution in [0.5, 0.6) is 0 Å².